The largest absolute Gasteiger partial charge is 0.387 e. The van der Waals surface area contributed by atoms with Gasteiger partial charge in [0.25, 0.3) is 0 Å². The smallest absolute Gasteiger partial charge is 0.0926 e. The Morgan fingerprint density at radius 3 is 3.07 bits per heavy atom. The maximum Gasteiger partial charge on any atom is 0.0926 e. The highest BCUT2D eigenvalue weighted by molar-refractivity contribution is 7.05. The Labute approximate surface area is 88.3 Å². The monoisotopic (exact) mass is 210 g/mol. The average Bonchev–Trinajstić information content (AvgIpc) is 2.63. The van der Waals surface area contributed by atoms with E-state index >= 15 is 0 Å². The Morgan fingerprint density at radius 2 is 2.43 bits per heavy atom. The minimum absolute atomic E-state index is 0.493. The van der Waals surface area contributed by atoms with Crippen molar-refractivity contribution >= 4 is 11.5 Å². The molecule has 1 aromatic heterocycles. The third-order valence-electron chi connectivity index (χ3n) is 1.94. The molecule has 76 valence electrons. The van der Waals surface area contributed by atoms with Gasteiger partial charge in [-0.25, -0.2) is 0 Å². The van der Waals surface area contributed by atoms with Crippen molar-refractivity contribution < 1.29 is 5.11 Å². The van der Waals surface area contributed by atoms with Crippen LogP contribution in [0.15, 0.2) is 0 Å². The molecular weight excluding hydrogens is 196 g/mol. The van der Waals surface area contributed by atoms with Crippen molar-refractivity contribution in [3.8, 4) is 12.3 Å². The summed E-state index contributed by atoms with van der Waals surface area (Å²) in [6.07, 6.45) is 7.72. The molecule has 0 fully saturated rings. The number of nitrogens with zero attached hydrogens (tertiary/aromatic N) is 2. The first-order valence-corrected chi connectivity index (χ1v) is 5.49. The highest BCUT2D eigenvalue weighted by Crippen LogP contribution is 2.24. The number of aromatic nitrogens is 2. The molecule has 1 N–H and O–H groups in total. The van der Waals surface area contributed by atoms with Gasteiger partial charge in [-0.3, -0.25) is 0 Å². The third kappa shape index (κ3) is 2.79. The Kier molecular flexibility index (Phi) is 4.57. The lowest BCUT2D eigenvalue weighted by Crippen LogP contribution is -1.99. The zero-order valence-corrected chi connectivity index (χ0v) is 9.05. The van der Waals surface area contributed by atoms with E-state index in [9.17, 15) is 5.11 Å². The normalized spacial score (nSPS) is 12.4. The van der Waals surface area contributed by atoms with Gasteiger partial charge in [-0.05, 0) is 24.4 Å². The van der Waals surface area contributed by atoms with Gasteiger partial charge in [-0.2, -0.15) is 0 Å². The fraction of sp³-hybridized carbons (Fsp3) is 0.600. The van der Waals surface area contributed by atoms with Crippen molar-refractivity contribution in [2.24, 2.45) is 0 Å². The quantitative estimate of drug-likeness (QED) is 0.755. The van der Waals surface area contributed by atoms with E-state index in [-0.39, 0.29) is 0 Å². The van der Waals surface area contributed by atoms with Gasteiger partial charge in [0.05, 0.1) is 16.7 Å². The summed E-state index contributed by atoms with van der Waals surface area (Å²) >= 11 is 1.27. The number of rotatable bonds is 5. The molecule has 0 aliphatic heterocycles. The second-order valence-electron chi connectivity index (χ2n) is 3.09. The van der Waals surface area contributed by atoms with Crippen LogP contribution in [0.2, 0.25) is 0 Å². The predicted molar refractivity (Wildman–Crippen MR) is 56.9 cm³/mol. The first-order valence-electron chi connectivity index (χ1n) is 4.72. The summed E-state index contributed by atoms with van der Waals surface area (Å²) in [7, 11) is 0. The molecule has 0 radical (unpaired) electrons. The van der Waals surface area contributed by atoms with Gasteiger partial charge >= 0.3 is 0 Å². The topological polar surface area (TPSA) is 46.0 Å². The van der Waals surface area contributed by atoms with Gasteiger partial charge in [0.1, 0.15) is 0 Å². The van der Waals surface area contributed by atoms with Crippen molar-refractivity contribution in [3.63, 3.8) is 0 Å². The second kappa shape index (κ2) is 5.74. The molecule has 0 bridgehead atoms. The zero-order chi connectivity index (χ0) is 10.4. The lowest BCUT2D eigenvalue weighted by molar-refractivity contribution is 0.172. The van der Waals surface area contributed by atoms with E-state index in [1.807, 2.05) is 0 Å². The summed E-state index contributed by atoms with van der Waals surface area (Å²) in [6, 6.07) is 0. The molecule has 0 saturated heterocycles. The maximum absolute atomic E-state index is 9.78. The first-order chi connectivity index (χ1) is 6.79. The number of hydrogen-bond acceptors (Lipinski definition) is 4. The van der Waals surface area contributed by atoms with Crippen molar-refractivity contribution in [2.45, 2.75) is 38.7 Å². The van der Waals surface area contributed by atoms with E-state index in [4.69, 9.17) is 6.42 Å². The predicted octanol–water partition coefficient (Wildman–Crippen LogP) is 1.94. The summed E-state index contributed by atoms with van der Waals surface area (Å²) in [5.74, 6) is 2.52. The van der Waals surface area contributed by atoms with Crippen LogP contribution in [-0.4, -0.2) is 14.7 Å². The third-order valence-corrected chi connectivity index (χ3v) is 2.80. The number of aliphatic hydroxyl groups excluding tert-OH is 1. The molecule has 0 aliphatic carbocycles. The van der Waals surface area contributed by atoms with Crippen molar-refractivity contribution in [3.05, 3.63) is 10.6 Å². The Morgan fingerprint density at radius 1 is 1.64 bits per heavy atom. The van der Waals surface area contributed by atoms with E-state index in [0.29, 0.717) is 12.8 Å². The standard InChI is InChI=1S/C10H14N2OS/c1-3-5-7-9(13)10-8(6-4-2)11-12-14-10/h1,9,13H,4-7H2,2H3. The van der Waals surface area contributed by atoms with Crippen molar-refractivity contribution in [1.82, 2.24) is 9.59 Å². The van der Waals surface area contributed by atoms with Gasteiger partial charge in [0.2, 0.25) is 0 Å². The van der Waals surface area contributed by atoms with E-state index in [2.05, 4.69) is 22.4 Å². The number of terminal acetylenes is 1. The molecule has 0 saturated carbocycles. The number of hydrogen-bond donors (Lipinski definition) is 1. The van der Waals surface area contributed by atoms with Crippen LogP contribution in [-0.2, 0) is 6.42 Å². The van der Waals surface area contributed by atoms with Crippen LogP contribution in [0.25, 0.3) is 0 Å². The van der Waals surface area contributed by atoms with Crippen molar-refractivity contribution in [1.29, 1.82) is 0 Å². The average molecular weight is 210 g/mol. The molecule has 1 heterocycles. The molecule has 0 spiro atoms. The molecule has 1 atom stereocenters. The molecule has 0 amide bonds. The van der Waals surface area contributed by atoms with Crippen LogP contribution in [0.5, 0.6) is 0 Å². The van der Waals surface area contributed by atoms with E-state index in [0.717, 1.165) is 23.4 Å². The highest BCUT2D eigenvalue weighted by Gasteiger charge is 2.15. The van der Waals surface area contributed by atoms with Crippen LogP contribution >= 0.6 is 11.5 Å². The summed E-state index contributed by atoms with van der Waals surface area (Å²) in [5, 5.41) is 13.8. The molecule has 1 aromatic rings. The summed E-state index contributed by atoms with van der Waals surface area (Å²) in [5.41, 5.74) is 0.919. The summed E-state index contributed by atoms with van der Waals surface area (Å²) < 4.78 is 3.85. The summed E-state index contributed by atoms with van der Waals surface area (Å²) in [6.45, 7) is 2.08. The fourth-order valence-corrected chi connectivity index (χ4v) is 1.95. The fourth-order valence-electron chi connectivity index (χ4n) is 1.23. The Bertz CT molecular complexity index is 316. The lowest BCUT2D eigenvalue weighted by atomic mass is 10.1. The van der Waals surface area contributed by atoms with E-state index < -0.39 is 6.10 Å². The minimum Gasteiger partial charge on any atom is -0.387 e. The maximum atomic E-state index is 9.78. The second-order valence-corrected chi connectivity index (χ2v) is 3.88. The summed E-state index contributed by atoms with van der Waals surface area (Å²) in [4.78, 5) is 0.877. The molecular formula is C10H14N2OS. The van der Waals surface area contributed by atoms with Gasteiger partial charge in [-0.15, -0.1) is 17.4 Å². The van der Waals surface area contributed by atoms with Gasteiger partial charge in [-0.1, -0.05) is 17.8 Å². The number of aryl methyl sites for hydroxylation is 1. The van der Waals surface area contributed by atoms with Crippen LogP contribution in [0.3, 0.4) is 0 Å². The van der Waals surface area contributed by atoms with E-state index in [1.165, 1.54) is 11.5 Å². The molecule has 14 heavy (non-hydrogen) atoms. The first kappa shape index (κ1) is 11.2. The van der Waals surface area contributed by atoms with Gasteiger partial charge in [0, 0.05) is 6.42 Å². The lowest BCUT2D eigenvalue weighted by Gasteiger charge is -2.06. The van der Waals surface area contributed by atoms with Gasteiger partial charge in [0.15, 0.2) is 0 Å². The molecule has 0 aliphatic rings. The molecule has 3 nitrogen and oxygen atoms in total. The van der Waals surface area contributed by atoms with Crippen LogP contribution in [0, 0.1) is 12.3 Å². The minimum atomic E-state index is -0.493. The van der Waals surface area contributed by atoms with Crippen LogP contribution in [0.4, 0.5) is 0 Å². The Hall–Kier alpha value is -0.920. The molecule has 0 aromatic carbocycles. The Balaban J connectivity index is 2.64. The van der Waals surface area contributed by atoms with Gasteiger partial charge < -0.3 is 5.11 Å². The highest BCUT2D eigenvalue weighted by atomic mass is 32.1. The zero-order valence-electron chi connectivity index (χ0n) is 8.23. The van der Waals surface area contributed by atoms with Crippen LogP contribution < -0.4 is 0 Å². The number of aliphatic hydroxyl groups is 1. The molecule has 4 heteroatoms. The van der Waals surface area contributed by atoms with Crippen LogP contribution in [0.1, 0.15) is 42.9 Å². The SMILES string of the molecule is C#CCCC(O)c1snnc1CCC. The van der Waals surface area contributed by atoms with Crippen molar-refractivity contribution in [2.75, 3.05) is 0 Å². The van der Waals surface area contributed by atoms with E-state index in [1.54, 1.807) is 0 Å². The molecule has 1 rings (SSSR count). The molecule has 1 unspecified atom stereocenters.